The van der Waals surface area contributed by atoms with Crippen molar-refractivity contribution in [3.63, 3.8) is 0 Å². The Hall–Kier alpha value is -3.12. The fourth-order valence-electron chi connectivity index (χ4n) is 4.00. The molecule has 0 spiro atoms. The van der Waals surface area contributed by atoms with Gasteiger partial charge in [0.05, 0.1) is 18.9 Å². The average molecular weight is 405 g/mol. The van der Waals surface area contributed by atoms with Gasteiger partial charge in [0.15, 0.2) is 0 Å². The molecule has 30 heavy (non-hydrogen) atoms. The van der Waals surface area contributed by atoms with Gasteiger partial charge < -0.3 is 19.9 Å². The number of benzene rings is 2. The van der Waals surface area contributed by atoms with E-state index in [-0.39, 0.29) is 17.7 Å². The number of fused-ring (bicyclic) bond motifs is 1. The molecule has 2 N–H and O–H groups in total. The summed E-state index contributed by atoms with van der Waals surface area (Å²) in [5.74, 6) is -0.176. The molecule has 2 aromatic carbocycles. The number of rotatable bonds is 6. The third-order valence-corrected chi connectivity index (χ3v) is 5.64. The maximum atomic E-state index is 12.9. The molecule has 6 nitrogen and oxygen atoms in total. The molecule has 1 aliphatic heterocycles. The number of ether oxygens (including phenoxy) is 1. The number of nitrogens with one attached hydrogen (secondary N) is 2. The van der Waals surface area contributed by atoms with Crippen LogP contribution in [0.3, 0.4) is 0 Å². The first kappa shape index (κ1) is 20.2. The van der Waals surface area contributed by atoms with Gasteiger partial charge >= 0.3 is 0 Å². The number of carbonyl (C=O) groups excluding carboxylic acids is 2. The van der Waals surface area contributed by atoms with Crippen molar-refractivity contribution in [3.8, 4) is 11.3 Å². The molecule has 0 saturated carbocycles. The first-order valence-corrected chi connectivity index (χ1v) is 10.4. The number of amides is 2. The Morgan fingerprint density at radius 2 is 2.03 bits per heavy atom. The molecule has 0 unspecified atom stereocenters. The highest BCUT2D eigenvalue weighted by Gasteiger charge is 2.28. The predicted octanol–water partition coefficient (Wildman–Crippen LogP) is 4.05. The summed E-state index contributed by atoms with van der Waals surface area (Å²) in [5, 5.41) is 4.20. The zero-order valence-electron chi connectivity index (χ0n) is 17.2. The van der Waals surface area contributed by atoms with Crippen molar-refractivity contribution in [1.82, 2.24) is 9.88 Å². The lowest BCUT2D eigenvalue weighted by Crippen LogP contribution is -2.44. The molecule has 0 radical (unpaired) electrons. The fourth-order valence-corrected chi connectivity index (χ4v) is 4.00. The summed E-state index contributed by atoms with van der Waals surface area (Å²) in [5.41, 5.74) is 3.88. The Kier molecular flexibility index (Phi) is 6.14. The second-order valence-electron chi connectivity index (χ2n) is 7.76. The van der Waals surface area contributed by atoms with Crippen molar-refractivity contribution >= 4 is 28.4 Å². The van der Waals surface area contributed by atoms with E-state index < -0.39 is 0 Å². The lowest BCUT2D eigenvalue weighted by molar-refractivity contribution is -0.135. The maximum Gasteiger partial charge on any atom is 0.229 e. The fraction of sp³-hybridized carbons (Fsp3) is 0.333. The van der Waals surface area contributed by atoms with Crippen LogP contribution in [0.2, 0.25) is 0 Å². The van der Waals surface area contributed by atoms with E-state index in [1.54, 1.807) is 12.0 Å². The van der Waals surface area contributed by atoms with Crippen LogP contribution in [0, 0.1) is 5.92 Å². The topological polar surface area (TPSA) is 74.4 Å². The Balaban J connectivity index is 1.43. The van der Waals surface area contributed by atoms with Gasteiger partial charge in [-0.05, 0) is 37.1 Å². The van der Waals surface area contributed by atoms with Gasteiger partial charge in [-0.3, -0.25) is 9.59 Å². The Morgan fingerprint density at radius 1 is 1.17 bits per heavy atom. The van der Waals surface area contributed by atoms with Crippen LogP contribution in [0.15, 0.2) is 54.6 Å². The van der Waals surface area contributed by atoms with Crippen molar-refractivity contribution in [2.45, 2.75) is 19.3 Å². The Morgan fingerprint density at radius 3 is 2.87 bits per heavy atom. The standard InChI is InChI=1S/C24H27N3O3/c1-30-13-11-23(28)27-12-5-8-19(16-27)24(29)25-20-9-4-7-17(14-20)22-15-18-6-2-3-10-21(18)26-22/h2-4,6-7,9-10,14-15,19,26H,5,8,11-13,16H2,1H3,(H,25,29)/t19-/m0/s1. The number of aromatic nitrogens is 1. The smallest absolute Gasteiger partial charge is 0.229 e. The third kappa shape index (κ3) is 4.54. The van der Waals surface area contributed by atoms with Crippen LogP contribution in [0.25, 0.3) is 22.2 Å². The van der Waals surface area contributed by atoms with Gasteiger partial charge in [-0.2, -0.15) is 0 Å². The largest absolute Gasteiger partial charge is 0.384 e. The summed E-state index contributed by atoms with van der Waals surface area (Å²) in [7, 11) is 1.59. The Labute approximate surface area is 176 Å². The third-order valence-electron chi connectivity index (χ3n) is 5.64. The van der Waals surface area contributed by atoms with Crippen LogP contribution in [0.4, 0.5) is 5.69 Å². The molecule has 1 aromatic heterocycles. The van der Waals surface area contributed by atoms with Crippen LogP contribution >= 0.6 is 0 Å². The van der Waals surface area contributed by atoms with E-state index in [1.807, 2.05) is 42.5 Å². The van der Waals surface area contributed by atoms with E-state index in [0.717, 1.165) is 40.7 Å². The summed E-state index contributed by atoms with van der Waals surface area (Å²) < 4.78 is 4.99. The number of methoxy groups -OCH3 is 1. The molecule has 1 atom stereocenters. The number of hydrogen-bond donors (Lipinski definition) is 2. The highest BCUT2D eigenvalue weighted by Crippen LogP contribution is 2.27. The molecule has 1 fully saturated rings. The molecule has 4 rings (SSSR count). The molecule has 0 aliphatic carbocycles. The molecule has 156 valence electrons. The van der Waals surface area contributed by atoms with Crippen LogP contribution in [0.1, 0.15) is 19.3 Å². The van der Waals surface area contributed by atoms with E-state index in [9.17, 15) is 9.59 Å². The van der Waals surface area contributed by atoms with Crippen molar-refractivity contribution < 1.29 is 14.3 Å². The number of likely N-dealkylation sites (tertiary alicyclic amines) is 1. The van der Waals surface area contributed by atoms with Gasteiger partial charge in [-0.15, -0.1) is 0 Å². The number of aromatic amines is 1. The van der Waals surface area contributed by atoms with Gasteiger partial charge in [-0.1, -0.05) is 30.3 Å². The van der Waals surface area contributed by atoms with Gasteiger partial charge in [-0.25, -0.2) is 0 Å². The molecule has 1 aliphatic rings. The number of H-pyrrole nitrogens is 1. The van der Waals surface area contributed by atoms with Crippen LogP contribution in [-0.4, -0.2) is 48.5 Å². The molecule has 2 amide bonds. The van der Waals surface area contributed by atoms with Crippen LogP contribution in [-0.2, 0) is 14.3 Å². The van der Waals surface area contributed by atoms with Crippen molar-refractivity contribution in [2.75, 3.05) is 32.1 Å². The zero-order valence-corrected chi connectivity index (χ0v) is 17.2. The summed E-state index contributed by atoms with van der Waals surface area (Å²) in [6.45, 7) is 1.59. The minimum absolute atomic E-state index is 0.0342. The van der Waals surface area contributed by atoms with E-state index in [4.69, 9.17) is 4.74 Å². The number of nitrogens with zero attached hydrogens (tertiary/aromatic N) is 1. The van der Waals surface area contributed by atoms with Crippen molar-refractivity contribution in [1.29, 1.82) is 0 Å². The van der Waals surface area contributed by atoms with E-state index in [2.05, 4.69) is 22.4 Å². The molecular weight excluding hydrogens is 378 g/mol. The molecule has 2 heterocycles. The average Bonchev–Trinajstić information content (AvgIpc) is 3.22. The highest BCUT2D eigenvalue weighted by molar-refractivity contribution is 5.94. The predicted molar refractivity (Wildman–Crippen MR) is 118 cm³/mol. The number of piperidine rings is 1. The van der Waals surface area contributed by atoms with E-state index in [0.29, 0.717) is 26.1 Å². The second kappa shape index (κ2) is 9.13. The molecule has 1 saturated heterocycles. The maximum absolute atomic E-state index is 12.9. The number of anilines is 1. The van der Waals surface area contributed by atoms with Crippen LogP contribution < -0.4 is 5.32 Å². The lowest BCUT2D eigenvalue weighted by atomic mass is 9.96. The van der Waals surface area contributed by atoms with Gasteiger partial charge in [0.25, 0.3) is 0 Å². The second-order valence-corrected chi connectivity index (χ2v) is 7.76. The minimum Gasteiger partial charge on any atom is -0.384 e. The molecular formula is C24H27N3O3. The Bertz CT molecular complexity index is 1010. The van der Waals surface area contributed by atoms with Gasteiger partial charge in [0, 0.05) is 48.0 Å². The van der Waals surface area contributed by atoms with Crippen LogP contribution in [0.5, 0.6) is 0 Å². The zero-order chi connectivity index (χ0) is 20.9. The summed E-state index contributed by atoms with van der Waals surface area (Å²) in [6, 6.07) is 18.1. The summed E-state index contributed by atoms with van der Waals surface area (Å²) >= 11 is 0. The van der Waals surface area contributed by atoms with Gasteiger partial charge in [0.2, 0.25) is 11.8 Å². The molecule has 6 heteroatoms. The van der Waals surface area contributed by atoms with Crippen molar-refractivity contribution in [2.24, 2.45) is 5.92 Å². The normalized spacial score (nSPS) is 16.6. The van der Waals surface area contributed by atoms with E-state index in [1.165, 1.54) is 0 Å². The first-order valence-electron chi connectivity index (χ1n) is 10.4. The van der Waals surface area contributed by atoms with Crippen molar-refractivity contribution in [3.05, 3.63) is 54.6 Å². The quantitative estimate of drug-likeness (QED) is 0.650. The first-order chi connectivity index (χ1) is 14.6. The number of para-hydroxylation sites is 1. The monoisotopic (exact) mass is 405 g/mol. The molecule has 0 bridgehead atoms. The SMILES string of the molecule is COCCC(=O)N1CCC[C@H](C(=O)Nc2cccc(-c3cc4ccccc4[nH]3)c2)C1. The highest BCUT2D eigenvalue weighted by atomic mass is 16.5. The number of carbonyl (C=O) groups is 2. The molecule has 3 aromatic rings. The summed E-state index contributed by atoms with van der Waals surface area (Å²) in [4.78, 5) is 30.3. The van der Waals surface area contributed by atoms with E-state index >= 15 is 0 Å². The lowest BCUT2D eigenvalue weighted by Gasteiger charge is -2.32. The number of hydrogen-bond acceptors (Lipinski definition) is 3. The minimum atomic E-state index is -0.193. The summed E-state index contributed by atoms with van der Waals surface area (Å²) in [6.07, 6.45) is 1.99. The van der Waals surface area contributed by atoms with Gasteiger partial charge in [0.1, 0.15) is 0 Å².